The Kier molecular flexibility index (Phi) is 7.99. The second-order valence-electron chi connectivity index (χ2n) is 6.22. The lowest BCUT2D eigenvalue weighted by atomic mass is 10.00. The molecule has 0 spiro atoms. The van der Waals surface area contributed by atoms with Gasteiger partial charge < -0.3 is 0 Å². The quantitative estimate of drug-likeness (QED) is 0.423. The van der Waals surface area contributed by atoms with Gasteiger partial charge in [-0.1, -0.05) is 86.2 Å². The fourth-order valence-electron chi connectivity index (χ4n) is 3.04. The largest absolute Gasteiger partial charge is 0.0840 e. The summed E-state index contributed by atoms with van der Waals surface area (Å²) in [6, 6.07) is 10.9. The number of benzene rings is 1. The Balaban J connectivity index is 1.38. The Labute approximate surface area is 131 Å². The van der Waals surface area contributed by atoms with Crippen LogP contribution in [0.15, 0.2) is 54.1 Å². The first-order chi connectivity index (χ1) is 10.4. The summed E-state index contributed by atoms with van der Waals surface area (Å²) in [6.07, 6.45) is 21.9. The molecule has 2 rings (SSSR count). The van der Waals surface area contributed by atoms with Crippen LogP contribution in [-0.4, -0.2) is 0 Å². The molecule has 0 saturated heterocycles. The fourth-order valence-corrected chi connectivity index (χ4v) is 3.04. The van der Waals surface area contributed by atoms with Gasteiger partial charge >= 0.3 is 0 Å². The molecule has 1 aromatic carbocycles. The number of unbranched alkanes of at least 4 members (excludes halogenated alkanes) is 6. The standard InChI is InChI=1S/C21H30/c1(2-4-8-14-20-16-10-6-11-17-20)3-5-9-15-21-18-12-7-13-19-21/h6,10-12,16-19H,1-5,7-9,13-15H2. The van der Waals surface area contributed by atoms with Gasteiger partial charge in [0.05, 0.1) is 0 Å². The molecule has 21 heavy (non-hydrogen) atoms. The summed E-state index contributed by atoms with van der Waals surface area (Å²) in [5, 5.41) is 0. The van der Waals surface area contributed by atoms with E-state index >= 15 is 0 Å². The predicted molar refractivity (Wildman–Crippen MR) is 93.5 cm³/mol. The van der Waals surface area contributed by atoms with Crippen molar-refractivity contribution in [3.8, 4) is 0 Å². The van der Waals surface area contributed by atoms with Crippen LogP contribution in [0.4, 0.5) is 0 Å². The van der Waals surface area contributed by atoms with Crippen LogP contribution >= 0.6 is 0 Å². The van der Waals surface area contributed by atoms with Crippen molar-refractivity contribution in [2.24, 2.45) is 0 Å². The van der Waals surface area contributed by atoms with Gasteiger partial charge in [0.1, 0.15) is 0 Å². The molecule has 0 fully saturated rings. The molecule has 1 aromatic rings. The van der Waals surface area contributed by atoms with E-state index in [4.69, 9.17) is 0 Å². The molecule has 1 aliphatic carbocycles. The molecule has 1 aliphatic rings. The molecule has 0 nitrogen and oxygen atoms in total. The van der Waals surface area contributed by atoms with Crippen molar-refractivity contribution in [2.45, 2.75) is 70.6 Å². The van der Waals surface area contributed by atoms with Crippen molar-refractivity contribution in [3.63, 3.8) is 0 Å². The lowest BCUT2D eigenvalue weighted by Gasteiger charge is -2.06. The highest BCUT2D eigenvalue weighted by atomic mass is 14.0. The second kappa shape index (κ2) is 10.4. The van der Waals surface area contributed by atoms with Gasteiger partial charge in [-0.2, -0.15) is 0 Å². The van der Waals surface area contributed by atoms with Crippen LogP contribution in [-0.2, 0) is 6.42 Å². The van der Waals surface area contributed by atoms with Crippen molar-refractivity contribution in [1.82, 2.24) is 0 Å². The molecule has 0 unspecified atom stereocenters. The van der Waals surface area contributed by atoms with Crippen molar-refractivity contribution in [3.05, 3.63) is 59.7 Å². The first kappa shape index (κ1) is 16.1. The SMILES string of the molecule is C1=CC(CCCCCCCCCc2ccccc2)=CCC1. The summed E-state index contributed by atoms with van der Waals surface area (Å²) in [7, 11) is 0. The zero-order valence-corrected chi connectivity index (χ0v) is 13.4. The zero-order chi connectivity index (χ0) is 14.6. The van der Waals surface area contributed by atoms with Crippen LogP contribution in [0.25, 0.3) is 0 Å². The Hall–Kier alpha value is -1.30. The zero-order valence-electron chi connectivity index (χ0n) is 13.4. The maximum Gasteiger partial charge on any atom is -0.0279 e. The van der Waals surface area contributed by atoms with Gasteiger partial charge in [0.25, 0.3) is 0 Å². The van der Waals surface area contributed by atoms with E-state index in [1.807, 2.05) is 0 Å². The van der Waals surface area contributed by atoms with Gasteiger partial charge in [0.15, 0.2) is 0 Å². The maximum atomic E-state index is 2.42. The van der Waals surface area contributed by atoms with Crippen molar-refractivity contribution in [1.29, 1.82) is 0 Å². The third-order valence-corrected chi connectivity index (χ3v) is 4.35. The van der Waals surface area contributed by atoms with Crippen molar-refractivity contribution < 1.29 is 0 Å². The average Bonchev–Trinajstić information content (AvgIpc) is 2.55. The molecule has 0 heteroatoms. The monoisotopic (exact) mass is 282 g/mol. The Morgan fingerprint density at radius 2 is 1.33 bits per heavy atom. The van der Waals surface area contributed by atoms with Gasteiger partial charge in [0, 0.05) is 0 Å². The minimum atomic E-state index is 1.24. The Morgan fingerprint density at radius 3 is 2.00 bits per heavy atom. The van der Waals surface area contributed by atoms with Crippen molar-refractivity contribution in [2.75, 3.05) is 0 Å². The second-order valence-corrected chi connectivity index (χ2v) is 6.22. The van der Waals surface area contributed by atoms with Gasteiger partial charge in [-0.05, 0) is 44.1 Å². The number of rotatable bonds is 10. The van der Waals surface area contributed by atoms with E-state index in [1.165, 1.54) is 76.2 Å². The predicted octanol–water partition coefficient (Wildman–Crippen LogP) is 6.63. The van der Waals surface area contributed by atoms with Gasteiger partial charge in [-0.3, -0.25) is 0 Å². The van der Waals surface area contributed by atoms with E-state index in [9.17, 15) is 0 Å². The van der Waals surface area contributed by atoms with E-state index in [1.54, 1.807) is 5.57 Å². The summed E-state index contributed by atoms with van der Waals surface area (Å²) in [5.41, 5.74) is 3.07. The highest BCUT2D eigenvalue weighted by Crippen LogP contribution is 2.17. The Bertz CT molecular complexity index is 425. The highest BCUT2D eigenvalue weighted by Gasteiger charge is 1.98. The van der Waals surface area contributed by atoms with Crippen LogP contribution < -0.4 is 0 Å². The van der Waals surface area contributed by atoms with Crippen LogP contribution in [0, 0.1) is 0 Å². The van der Waals surface area contributed by atoms with Crippen LogP contribution in [0.3, 0.4) is 0 Å². The lowest BCUT2D eigenvalue weighted by molar-refractivity contribution is 0.579. The molecule has 0 aliphatic heterocycles. The first-order valence-electron chi connectivity index (χ1n) is 8.84. The summed E-state index contributed by atoms with van der Waals surface area (Å²) in [5.74, 6) is 0. The average molecular weight is 282 g/mol. The molecule has 0 amide bonds. The minimum absolute atomic E-state index is 1.24. The summed E-state index contributed by atoms with van der Waals surface area (Å²) < 4.78 is 0. The molecule has 0 N–H and O–H groups in total. The van der Waals surface area contributed by atoms with E-state index in [-0.39, 0.29) is 0 Å². The molecular weight excluding hydrogens is 252 g/mol. The van der Waals surface area contributed by atoms with Gasteiger partial charge in [0.2, 0.25) is 0 Å². The van der Waals surface area contributed by atoms with Gasteiger partial charge in [-0.15, -0.1) is 0 Å². The smallest absolute Gasteiger partial charge is 0.0279 e. The maximum absolute atomic E-state index is 2.42. The molecule has 0 bridgehead atoms. The van der Waals surface area contributed by atoms with Crippen LogP contribution in [0.5, 0.6) is 0 Å². The molecule has 0 atom stereocenters. The molecule has 0 saturated carbocycles. The summed E-state index contributed by atoms with van der Waals surface area (Å²) in [6.45, 7) is 0. The van der Waals surface area contributed by atoms with Gasteiger partial charge in [-0.25, -0.2) is 0 Å². The normalized spacial score (nSPS) is 14.2. The van der Waals surface area contributed by atoms with E-state index in [0.717, 1.165) is 0 Å². The fraction of sp³-hybridized carbons (Fsp3) is 0.524. The lowest BCUT2D eigenvalue weighted by Crippen LogP contribution is -1.87. The molecule has 0 aromatic heterocycles. The third-order valence-electron chi connectivity index (χ3n) is 4.35. The van der Waals surface area contributed by atoms with E-state index < -0.39 is 0 Å². The third kappa shape index (κ3) is 7.32. The number of allylic oxidation sites excluding steroid dienone is 4. The molecule has 0 heterocycles. The highest BCUT2D eigenvalue weighted by molar-refractivity contribution is 5.21. The molecule has 0 radical (unpaired) electrons. The van der Waals surface area contributed by atoms with Crippen LogP contribution in [0.1, 0.15) is 69.8 Å². The van der Waals surface area contributed by atoms with Crippen molar-refractivity contribution >= 4 is 0 Å². The number of hydrogen-bond donors (Lipinski definition) is 0. The Morgan fingerprint density at radius 1 is 0.667 bits per heavy atom. The minimum Gasteiger partial charge on any atom is -0.0840 e. The van der Waals surface area contributed by atoms with Crippen LogP contribution in [0.2, 0.25) is 0 Å². The molecular formula is C21H30. The molecule has 114 valence electrons. The number of hydrogen-bond acceptors (Lipinski definition) is 0. The topological polar surface area (TPSA) is 0 Å². The van der Waals surface area contributed by atoms with E-state index in [2.05, 4.69) is 48.6 Å². The first-order valence-corrected chi connectivity index (χ1v) is 8.84. The number of aryl methyl sites for hydroxylation is 1. The van der Waals surface area contributed by atoms with E-state index in [0.29, 0.717) is 0 Å². The summed E-state index contributed by atoms with van der Waals surface area (Å²) >= 11 is 0. The summed E-state index contributed by atoms with van der Waals surface area (Å²) in [4.78, 5) is 0.